The normalized spacial score (nSPS) is 10.8. The number of para-hydroxylation sites is 1. The van der Waals surface area contributed by atoms with Gasteiger partial charge in [0.25, 0.3) is 0 Å². The lowest BCUT2D eigenvalue weighted by atomic mass is 10.2. The van der Waals surface area contributed by atoms with Crippen molar-refractivity contribution in [2.45, 2.75) is 0 Å². The molecular formula is C14H11ClN2O2. The maximum atomic E-state index is 6.07. The van der Waals surface area contributed by atoms with Crippen molar-refractivity contribution >= 4 is 28.4 Å². The highest BCUT2D eigenvalue weighted by Gasteiger charge is 2.14. The van der Waals surface area contributed by atoms with Crippen molar-refractivity contribution in [3.63, 3.8) is 0 Å². The van der Waals surface area contributed by atoms with Crippen LogP contribution in [0.3, 0.4) is 0 Å². The van der Waals surface area contributed by atoms with E-state index in [9.17, 15) is 0 Å². The van der Waals surface area contributed by atoms with Gasteiger partial charge in [0.1, 0.15) is 11.3 Å². The molecule has 2 aromatic carbocycles. The average Bonchev–Trinajstić information content (AvgIpc) is 2.83. The van der Waals surface area contributed by atoms with Crippen molar-refractivity contribution in [2.24, 2.45) is 0 Å². The highest BCUT2D eigenvalue weighted by atomic mass is 35.5. The molecule has 0 radical (unpaired) electrons. The van der Waals surface area contributed by atoms with E-state index in [1.807, 2.05) is 18.2 Å². The predicted octanol–water partition coefficient (Wildman–Crippen LogP) is 3.74. The lowest BCUT2D eigenvalue weighted by Gasteiger charge is -2.05. The van der Waals surface area contributed by atoms with Crippen LogP contribution in [0.1, 0.15) is 0 Å². The lowest BCUT2D eigenvalue weighted by molar-refractivity contribution is 0.415. The van der Waals surface area contributed by atoms with E-state index in [0.717, 1.165) is 5.56 Å². The minimum Gasteiger partial charge on any atom is -0.496 e. The number of hydrogen-bond acceptors (Lipinski definition) is 4. The van der Waals surface area contributed by atoms with Crippen molar-refractivity contribution in [1.82, 2.24) is 4.98 Å². The van der Waals surface area contributed by atoms with Crippen LogP contribution in [0, 0.1) is 0 Å². The molecule has 0 spiro atoms. The predicted molar refractivity (Wildman–Crippen MR) is 75.4 cm³/mol. The van der Waals surface area contributed by atoms with Crippen LogP contribution in [0.15, 0.2) is 40.8 Å². The van der Waals surface area contributed by atoms with Gasteiger partial charge >= 0.3 is 0 Å². The molecule has 19 heavy (non-hydrogen) atoms. The zero-order valence-electron chi connectivity index (χ0n) is 10.2. The van der Waals surface area contributed by atoms with Crippen LogP contribution in [-0.2, 0) is 0 Å². The van der Waals surface area contributed by atoms with E-state index in [1.165, 1.54) is 0 Å². The molecule has 0 atom stereocenters. The Kier molecular flexibility index (Phi) is 2.80. The van der Waals surface area contributed by atoms with Crippen molar-refractivity contribution in [3.8, 4) is 17.2 Å². The highest BCUT2D eigenvalue weighted by Crippen LogP contribution is 2.34. The van der Waals surface area contributed by atoms with Gasteiger partial charge in [0.05, 0.1) is 17.7 Å². The Balaban J connectivity index is 2.22. The molecule has 0 aliphatic carbocycles. The summed E-state index contributed by atoms with van der Waals surface area (Å²) >= 11 is 6.07. The van der Waals surface area contributed by atoms with Crippen molar-refractivity contribution in [2.75, 3.05) is 12.8 Å². The van der Waals surface area contributed by atoms with Crippen LogP contribution in [0.5, 0.6) is 5.75 Å². The largest absolute Gasteiger partial charge is 0.496 e. The fourth-order valence-corrected chi connectivity index (χ4v) is 2.12. The first-order valence-corrected chi connectivity index (χ1v) is 6.06. The monoisotopic (exact) mass is 274 g/mol. The van der Waals surface area contributed by atoms with Crippen molar-refractivity contribution in [3.05, 3.63) is 41.4 Å². The van der Waals surface area contributed by atoms with Crippen molar-refractivity contribution in [1.29, 1.82) is 0 Å². The van der Waals surface area contributed by atoms with Gasteiger partial charge in [0, 0.05) is 11.8 Å². The van der Waals surface area contributed by atoms with E-state index >= 15 is 0 Å². The van der Waals surface area contributed by atoms with Gasteiger partial charge in [-0.25, -0.2) is 4.98 Å². The quantitative estimate of drug-likeness (QED) is 0.723. The number of ether oxygens (including phenoxy) is 1. The van der Waals surface area contributed by atoms with Crippen LogP contribution in [0.4, 0.5) is 5.69 Å². The molecule has 0 bridgehead atoms. The number of fused-ring (bicyclic) bond motifs is 1. The molecule has 1 heterocycles. The number of aromatic nitrogens is 1. The number of nitrogens with two attached hydrogens (primary N) is 1. The van der Waals surface area contributed by atoms with Crippen LogP contribution >= 0.6 is 11.6 Å². The Labute approximate surface area is 114 Å². The van der Waals surface area contributed by atoms with E-state index in [4.69, 9.17) is 26.5 Å². The molecule has 0 aliphatic heterocycles. The highest BCUT2D eigenvalue weighted by molar-refractivity contribution is 6.34. The minimum absolute atomic E-state index is 0.458. The number of hydrogen-bond donors (Lipinski definition) is 1. The number of oxazole rings is 1. The smallest absolute Gasteiger partial charge is 0.231 e. The van der Waals surface area contributed by atoms with E-state index in [2.05, 4.69) is 4.98 Å². The topological polar surface area (TPSA) is 61.3 Å². The summed E-state index contributed by atoms with van der Waals surface area (Å²) in [5, 5.41) is 0.533. The molecular weight excluding hydrogens is 264 g/mol. The van der Waals surface area contributed by atoms with E-state index in [-0.39, 0.29) is 0 Å². The summed E-state index contributed by atoms with van der Waals surface area (Å²) in [6, 6.07) is 10.8. The zero-order chi connectivity index (χ0) is 13.4. The number of methoxy groups -OCH3 is 1. The molecule has 0 fully saturated rings. The van der Waals surface area contributed by atoms with E-state index < -0.39 is 0 Å². The van der Waals surface area contributed by atoms with Gasteiger partial charge < -0.3 is 14.9 Å². The van der Waals surface area contributed by atoms with Gasteiger partial charge in [-0.1, -0.05) is 17.7 Å². The first-order valence-electron chi connectivity index (χ1n) is 5.68. The van der Waals surface area contributed by atoms with Crippen molar-refractivity contribution < 1.29 is 9.15 Å². The number of rotatable bonds is 2. The van der Waals surface area contributed by atoms with E-state index in [0.29, 0.717) is 33.4 Å². The number of benzene rings is 2. The van der Waals surface area contributed by atoms with Gasteiger partial charge in [0.15, 0.2) is 5.58 Å². The van der Waals surface area contributed by atoms with Crippen LogP contribution in [-0.4, -0.2) is 12.1 Å². The first-order chi connectivity index (χ1) is 9.19. The summed E-state index contributed by atoms with van der Waals surface area (Å²) in [5.41, 5.74) is 8.37. The standard InChI is InChI=1S/C14H11ClN2O2/c1-18-12-7-8(16)5-6-9(12)14-17-11-4-2-3-10(15)13(11)19-14/h2-7H,16H2,1H3. The maximum absolute atomic E-state index is 6.07. The van der Waals surface area contributed by atoms with Gasteiger partial charge in [-0.05, 0) is 24.3 Å². The van der Waals surface area contributed by atoms with Gasteiger partial charge in [-0.2, -0.15) is 0 Å². The average molecular weight is 275 g/mol. The van der Waals surface area contributed by atoms with E-state index in [1.54, 1.807) is 25.3 Å². The minimum atomic E-state index is 0.458. The number of nitrogens with zero attached hydrogens (tertiary/aromatic N) is 1. The number of anilines is 1. The second-order valence-electron chi connectivity index (χ2n) is 4.07. The molecule has 0 unspecified atom stereocenters. The van der Waals surface area contributed by atoms with Crippen LogP contribution < -0.4 is 10.5 Å². The first kappa shape index (κ1) is 11.9. The summed E-state index contributed by atoms with van der Waals surface area (Å²) in [4.78, 5) is 4.41. The second kappa shape index (κ2) is 4.48. The molecule has 2 N–H and O–H groups in total. The third kappa shape index (κ3) is 2.00. The SMILES string of the molecule is COc1cc(N)ccc1-c1nc2cccc(Cl)c2o1. The second-order valence-corrected chi connectivity index (χ2v) is 4.47. The van der Waals surface area contributed by atoms with Crippen LogP contribution in [0.2, 0.25) is 5.02 Å². The Hall–Kier alpha value is -2.20. The fourth-order valence-electron chi connectivity index (χ4n) is 1.92. The van der Waals surface area contributed by atoms with Gasteiger partial charge in [-0.15, -0.1) is 0 Å². The summed E-state index contributed by atoms with van der Waals surface area (Å²) < 4.78 is 11.0. The number of halogens is 1. The molecule has 96 valence electrons. The van der Waals surface area contributed by atoms with Crippen LogP contribution in [0.25, 0.3) is 22.6 Å². The molecule has 3 rings (SSSR count). The Morgan fingerprint density at radius 2 is 2.11 bits per heavy atom. The fraction of sp³-hybridized carbons (Fsp3) is 0.0714. The molecule has 5 heteroatoms. The molecule has 3 aromatic rings. The molecule has 1 aromatic heterocycles. The van der Waals surface area contributed by atoms with Gasteiger partial charge in [-0.3, -0.25) is 0 Å². The summed E-state index contributed by atoms with van der Waals surface area (Å²) in [5.74, 6) is 1.07. The Morgan fingerprint density at radius 3 is 2.84 bits per heavy atom. The third-order valence-corrected chi connectivity index (χ3v) is 3.12. The summed E-state index contributed by atoms with van der Waals surface area (Å²) in [6.07, 6.45) is 0. The third-order valence-electron chi connectivity index (χ3n) is 2.82. The molecule has 0 saturated carbocycles. The van der Waals surface area contributed by atoms with Gasteiger partial charge in [0.2, 0.25) is 5.89 Å². The summed E-state index contributed by atoms with van der Waals surface area (Å²) in [6.45, 7) is 0. The molecule has 0 amide bonds. The maximum Gasteiger partial charge on any atom is 0.231 e. The molecule has 0 aliphatic rings. The molecule has 4 nitrogen and oxygen atoms in total. The lowest BCUT2D eigenvalue weighted by Crippen LogP contribution is -1.91. The molecule has 0 saturated heterocycles. The Bertz CT molecular complexity index is 752. The number of nitrogen functional groups attached to an aromatic ring is 1. The zero-order valence-corrected chi connectivity index (χ0v) is 10.9. The Morgan fingerprint density at radius 1 is 1.26 bits per heavy atom. The summed E-state index contributed by atoms with van der Waals surface area (Å²) in [7, 11) is 1.58.